The second-order valence-corrected chi connectivity index (χ2v) is 6.19. The lowest BCUT2D eigenvalue weighted by atomic mass is 10.2. The molecule has 0 aliphatic carbocycles. The van der Waals surface area contributed by atoms with Crippen molar-refractivity contribution in [2.45, 2.75) is 0 Å². The molecule has 138 valence electrons. The Kier molecular flexibility index (Phi) is 6.11. The highest BCUT2D eigenvalue weighted by Gasteiger charge is 2.12. The molecule has 1 amide bonds. The van der Waals surface area contributed by atoms with Crippen LogP contribution < -0.4 is 10.1 Å². The summed E-state index contributed by atoms with van der Waals surface area (Å²) in [5, 5.41) is 4.78. The predicted octanol–water partition coefficient (Wildman–Crippen LogP) is 3.51. The van der Waals surface area contributed by atoms with Gasteiger partial charge < -0.3 is 9.47 Å². The summed E-state index contributed by atoms with van der Waals surface area (Å²) < 4.78 is 23.2. The number of hydrogen-bond donors (Lipinski definition) is 1. The van der Waals surface area contributed by atoms with E-state index in [0.717, 1.165) is 11.3 Å². The van der Waals surface area contributed by atoms with Gasteiger partial charge in [0, 0.05) is 10.9 Å². The van der Waals surface area contributed by atoms with Crippen molar-refractivity contribution in [2.24, 2.45) is 0 Å². The highest BCUT2D eigenvalue weighted by Crippen LogP contribution is 2.24. The van der Waals surface area contributed by atoms with Gasteiger partial charge in [-0.15, -0.1) is 11.3 Å². The van der Waals surface area contributed by atoms with E-state index < -0.39 is 30.9 Å². The number of nitrogens with zero attached hydrogens (tertiary/aromatic N) is 1. The van der Waals surface area contributed by atoms with E-state index >= 15 is 0 Å². The van der Waals surface area contributed by atoms with Crippen LogP contribution in [0, 0.1) is 5.82 Å². The molecule has 2 aromatic carbocycles. The summed E-state index contributed by atoms with van der Waals surface area (Å²) in [6.45, 7) is -0.983. The Morgan fingerprint density at radius 3 is 2.56 bits per heavy atom. The third-order valence-electron chi connectivity index (χ3n) is 3.37. The second kappa shape index (κ2) is 8.91. The summed E-state index contributed by atoms with van der Waals surface area (Å²) in [7, 11) is 0. The Morgan fingerprint density at radius 1 is 1.04 bits per heavy atom. The smallest absolute Gasteiger partial charge is 0.344 e. The van der Waals surface area contributed by atoms with Crippen LogP contribution in [-0.2, 0) is 14.3 Å². The van der Waals surface area contributed by atoms with Crippen molar-refractivity contribution in [1.29, 1.82) is 0 Å². The van der Waals surface area contributed by atoms with Crippen molar-refractivity contribution in [3.05, 3.63) is 65.8 Å². The van der Waals surface area contributed by atoms with Gasteiger partial charge in [-0.05, 0) is 12.1 Å². The molecule has 0 saturated heterocycles. The molecular weight excluding hydrogens is 371 g/mol. The number of rotatable bonds is 7. The van der Waals surface area contributed by atoms with Crippen molar-refractivity contribution in [1.82, 2.24) is 4.98 Å². The maximum absolute atomic E-state index is 13.4. The Labute approximate surface area is 158 Å². The first kappa shape index (κ1) is 18.5. The Morgan fingerprint density at radius 2 is 1.78 bits per heavy atom. The molecule has 3 rings (SSSR count). The van der Waals surface area contributed by atoms with Crippen molar-refractivity contribution in [2.75, 3.05) is 18.5 Å². The largest absolute Gasteiger partial charge is 0.479 e. The first-order chi connectivity index (χ1) is 13.1. The average molecular weight is 386 g/mol. The van der Waals surface area contributed by atoms with E-state index in [1.807, 2.05) is 35.7 Å². The van der Waals surface area contributed by atoms with E-state index in [4.69, 9.17) is 9.47 Å². The minimum atomic E-state index is -0.780. The van der Waals surface area contributed by atoms with Crippen LogP contribution in [0.3, 0.4) is 0 Å². The van der Waals surface area contributed by atoms with Crippen molar-refractivity contribution < 1.29 is 23.5 Å². The highest BCUT2D eigenvalue weighted by molar-refractivity contribution is 7.14. The topological polar surface area (TPSA) is 77.5 Å². The van der Waals surface area contributed by atoms with Crippen LogP contribution in [0.15, 0.2) is 60.0 Å². The molecule has 0 spiro atoms. The van der Waals surface area contributed by atoms with Gasteiger partial charge in [0.15, 0.2) is 29.9 Å². The lowest BCUT2D eigenvalue weighted by molar-refractivity contribution is -0.149. The van der Waals surface area contributed by atoms with E-state index in [0.29, 0.717) is 5.13 Å². The third-order valence-corrected chi connectivity index (χ3v) is 4.12. The van der Waals surface area contributed by atoms with E-state index in [9.17, 15) is 14.0 Å². The summed E-state index contributed by atoms with van der Waals surface area (Å²) >= 11 is 1.27. The van der Waals surface area contributed by atoms with Crippen LogP contribution in [0.1, 0.15) is 0 Å². The summed E-state index contributed by atoms with van der Waals surface area (Å²) in [4.78, 5) is 27.8. The van der Waals surface area contributed by atoms with Crippen LogP contribution in [0.4, 0.5) is 9.52 Å². The first-order valence-electron chi connectivity index (χ1n) is 7.95. The zero-order valence-corrected chi connectivity index (χ0v) is 14.9. The molecule has 27 heavy (non-hydrogen) atoms. The normalized spacial score (nSPS) is 10.3. The number of carbonyl (C=O) groups is 2. The standard InChI is InChI=1S/C19H15FN2O4S/c20-14-8-4-5-9-16(14)25-11-18(24)26-10-17(23)22-19-21-15(12-27-19)13-6-2-1-3-7-13/h1-9,12H,10-11H2,(H,21,22,23). The fraction of sp³-hybridized carbons (Fsp3) is 0.105. The molecule has 6 nitrogen and oxygen atoms in total. The number of esters is 1. The van der Waals surface area contributed by atoms with E-state index in [1.54, 1.807) is 6.07 Å². The lowest BCUT2D eigenvalue weighted by Crippen LogP contribution is -2.23. The number of hydrogen-bond acceptors (Lipinski definition) is 6. The number of benzene rings is 2. The highest BCUT2D eigenvalue weighted by atomic mass is 32.1. The van der Waals surface area contributed by atoms with Gasteiger partial charge in [-0.1, -0.05) is 42.5 Å². The number of amides is 1. The Balaban J connectivity index is 1.44. The molecule has 0 unspecified atom stereocenters. The molecule has 3 aromatic rings. The van der Waals surface area contributed by atoms with Gasteiger partial charge in [-0.2, -0.15) is 0 Å². The lowest BCUT2D eigenvalue weighted by Gasteiger charge is -2.07. The van der Waals surface area contributed by atoms with E-state index in [1.165, 1.54) is 29.5 Å². The molecule has 0 saturated carbocycles. The Hall–Kier alpha value is -3.26. The zero-order valence-electron chi connectivity index (χ0n) is 14.1. The van der Waals surface area contributed by atoms with Gasteiger partial charge in [-0.3, -0.25) is 10.1 Å². The van der Waals surface area contributed by atoms with E-state index in [2.05, 4.69) is 10.3 Å². The monoisotopic (exact) mass is 386 g/mol. The molecule has 1 heterocycles. The van der Waals surface area contributed by atoms with E-state index in [-0.39, 0.29) is 5.75 Å². The number of halogens is 1. The van der Waals surface area contributed by atoms with Crippen molar-refractivity contribution in [3.8, 4) is 17.0 Å². The van der Waals surface area contributed by atoms with Crippen LogP contribution in [0.5, 0.6) is 5.75 Å². The molecule has 0 fully saturated rings. The second-order valence-electron chi connectivity index (χ2n) is 5.33. The third kappa shape index (κ3) is 5.35. The summed E-state index contributed by atoms with van der Waals surface area (Å²) in [5.74, 6) is -1.95. The van der Waals surface area contributed by atoms with Gasteiger partial charge in [0.25, 0.3) is 5.91 Å². The predicted molar refractivity (Wildman–Crippen MR) is 99.0 cm³/mol. The van der Waals surface area contributed by atoms with Gasteiger partial charge in [0.1, 0.15) is 0 Å². The number of para-hydroxylation sites is 1. The number of anilines is 1. The van der Waals surface area contributed by atoms with Gasteiger partial charge in [0.2, 0.25) is 0 Å². The molecule has 1 aromatic heterocycles. The summed E-state index contributed by atoms with van der Waals surface area (Å²) in [6.07, 6.45) is 0. The number of carbonyl (C=O) groups excluding carboxylic acids is 2. The fourth-order valence-electron chi connectivity index (χ4n) is 2.11. The van der Waals surface area contributed by atoms with Crippen LogP contribution in [0.25, 0.3) is 11.3 Å². The molecule has 0 bridgehead atoms. The average Bonchev–Trinajstić information content (AvgIpc) is 3.15. The molecule has 1 N–H and O–H groups in total. The van der Waals surface area contributed by atoms with Crippen LogP contribution in [-0.4, -0.2) is 30.1 Å². The Bertz CT molecular complexity index is 930. The molecule has 0 aliphatic rings. The number of thiazole rings is 1. The SMILES string of the molecule is O=C(COC(=O)COc1ccccc1F)Nc1nc(-c2ccccc2)cs1. The van der Waals surface area contributed by atoms with Crippen molar-refractivity contribution >= 4 is 28.3 Å². The summed E-state index contributed by atoms with van der Waals surface area (Å²) in [6, 6.07) is 15.2. The van der Waals surface area contributed by atoms with Gasteiger partial charge in [-0.25, -0.2) is 14.2 Å². The summed E-state index contributed by atoms with van der Waals surface area (Å²) in [5.41, 5.74) is 1.68. The van der Waals surface area contributed by atoms with Gasteiger partial charge >= 0.3 is 5.97 Å². The molecular formula is C19H15FN2O4S. The maximum atomic E-state index is 13.4. The molecule has 0 aliphatic heterocycles. The minimum Gasteiger partial charge on any atom is -0.479 e. The number of ether oxygens (including phenoxy) is 2. The van der Waals surface area contributed by atoms with Crippen LogP contribution in [0.2, 0.25) is 0 Å². The molecule has 8 heteroatoms. The number of aromatic nitrogens is 1. The van der Waals surface area contributed by atoms with Gasteiger partial charge in [0.05, 0.1) is 5.69 Å². The quantitative estimate of drug-likeness (QED) is 0.629. The maximum Gasteiger partial charge on any atom is 0.344 e. The molecule has 0 radical (unpaired) electrons. The number of nitrogens with one attached hydrogen (secondary N) is 1. The van der Waals surface area contributed by atoms with Crippen molar-refractivity contribution in [3.63, 3.8) is 0 Å². The minimum absolute atomic E-state index is 0.0601. The van der Waals surface area contributed by atoms with Crippen LogP contribution >= 0.6 is 11.3 Å². The first-order valence-corrected chi connectivity index (χ1v) is 8.83. The molecule has 0 atom stereocenters. The fourth-order valence-corrected chi connectivity index (χ4v) is 2.85. The zero-order chi connectivity index (χ0) is 19.1.